The Hall–Kier alpha value is -2.37. The highest BCUT2D eigenvalue weighted by molar-refractivity contribution is 6.42. The van der Waals surface area contributed by atoms with Gasteiger partial charge in [0.05, 0.1) is 16.1 Å². The number of hydrogen-bond acceptors (Lipinski definition) is 3. The first-order valence-corrected chi connectivity index (χ1v) is 11.3. The lowest BCUT2D eigenvalue weighted by molar-refractivity contribution is -0.125. The summed E-state index contributed by atoms with van der Waals surface area (Å²) in [5, 5.41) is 1.06. The largest absolute Gasteiger partial charge is 0.442 e. The van der Waals surface area contributed by atoms with Gasteiger partial charge in [0.1, 0.15) is 11.3 Å². The first kappa shape index (κ1) is 24.3. The van der Waals surface area contributed by atoms with Crippen LogP contribution in [0.3, 0.4) is 0 Å². The van der Waals surface area contributed by atoms with Crippen molar-refractivity contribution < 1.29 is 14.3 Å². The van der Waals surface area contributed by atoms with Crippen LogP contribution in [-0.4, -0.2) is 35.3 Å². The zero-order valence-electron chi connectivity index (χ0n) is 19.0. The highest BCUT2D eigenvalue weighted by Gasteiger charge is 2.33. The molecule has 170 valence electrons. The molecule has 2 aromatic rings. The lowest BCUT2D eigenvalue weighted by atomic mass is 9.76. The summed E-state index contributed by atoms with van der Waals surface area (Å²) >= 11 is 12.4. The Morgan fingerprint density at radius 1 is 1.03 bits per heavy atom. The topological polar surface area (TPSA) is 59.0 Å². The van der Waals surface area contributed by atoms with E-state index in [2.05, 4.69) is 11.1 Å². The van der Waals surface area contributed by atoms with Crippen molar-refractivity contribution in [2.24, 2.45) is 4.99 Å². The number of amides is 2. The fourth-order valence-electron chi connectivity index (χ4n) is 4.11. The Morgan fingerprint density at radius 3 is 2.31 bits per heavy atom. The zero-order valence-corrected chi connectivity index (χ0v) is 20.5. The molecule has 0 unspecified atom stereocenters. The number of nitrogens with zero attached hydrogens (tertiary/aromatic N) is 2. The standard InChI is InChI=1S/C25H28Cl2N2O3/c1-15(28-24(31)32-25(2,3)4)23(30)29(5)22-13-11-17(18-8-6-7-9-19(18)22)16-10-12-20(26)21(27)14-16/h6-10,12,14,17,22H,11,13H2,1-5H3/b28-15-/t17-,22-/m0/s1. The van der Waals surface area contributed by atoms with E-state index < -0.39 is 11.7 Å². The van der Waals surface area contributed by atoms with Gasteiger partial charge in [0.25, 0.3) is 5.91 Å². The highest BCUT2D eigenvalue weighted by Crippen LogP contribution is 2.44. The van der Waals surface area contributed by atoms with Crippen LogP contribution in [0.2, 0.25) is 10.0 Å². The number of carbonyl (C=O) groups excluding carboxylic acids is 2. The third-order valence-corrected chi connectivity index (χ3v) is 6.29. The van der Waals surface area contributed by atoms with E-state index in [-0.39, 0.29) is 23.6 Å². The molecule has 2 amide bonds. The predicted molar refractivity (Wildman–Crippen MR) is 129 cm³/mol. The van der Waals surface area contributed by atoms with Gasteiger partial charge in [0.2, 0.25) is 0 Å². The Bertz CT molecular complexity index is 1060. The van der Waals surface area contributed by atoms with E-state index in [0.29, 0.717) is 10.0 Å². The van der Waals surface area contributed by atoms with E-state index in [1.54, 1.807) is 32.7 Å². The van der Waals surface area contributed by atoms with Gasteiger partial charge in [-0.2, -0.15) is 4.99 Å². The molecule has 0 aromatic heterocycles. The Kier molecular flexibility index (Phi) is 7.31. The number of halogens is 2. The summed E-state index contributed by atoms with van der Waals surface area (Å²) in [5.74, 6) is -0.138. The van der Waals surface area contributed by atoms with Crippen molar-refractivity contribution in [2.45, 2.75) is 58.1 Å². The van der Waals surface area contributed by atoms with Crippen molar-refractivity contribution in [2.75, 3.05) is 7.05 Å². The summed E-state index contributed by atoms with van der Waals surface area (Å²) < 4.78 is 5.20. The summed E-state index contributed by atoms with van der Waals surface area (Å²) in [7, 11) is 1.75. The Labute approximate surface area is 199 Å². The summed E-state index contributed by atoms with van der Waals surface area (Å²) in [6.07, 6.45) is 0.851. The molecule has 0 heterocycles. The molecule has 0 spiro atoms. The van der Waals surface area contributed by atoms with Crippen molar-refractivity contribution in [3.05, 3.63) is 69.2 Å². The number of hydrogen-bond donors (Lipinski definition) is 0. The van der Waals surface area contributed by atoms with Gasteiger partial charge < -0.3 is 9.64 Å². The second-order valence-corrected chi connectivity index (χ2v) is 9.86. The molecule has 0 N–H and O–H groups in total. The van der Waals surface area contributed by atoms with Gasteiger partial charge in [-0.25, -0.2) is 4.79 Å². The molecule has 0 aliphatic heterocycles. The Morgan fingerprint density at radius 2 is 1.69 bits per heavy atom. The average Bonchev–Trinajstić information content (AvgIpc) is 2.72. The first-order valence-electron chi connectivity index (χ1n) is 10.6. The lowest BCUT2D eigenvalue weighted by Crippen LogP contribution is -2.38. The normalized spacial score (nSPS) is 18.7. The van der Waals surface area contributed by atoms with Crippen molar-refractivity contribution in [3.8, 4) is 0 Å². The minimum atomic E-state index is -0.763. The molecule has 2 atom stereocenters. The second-order valence-electron chi connectivity index (χ2n) is 9.04. The fourth-order valence-corrected chi connectivity index (χ4v) is 4.42. The van der Waals surface area contributed by atoms with E-state index >= 15 is 0 Å². The molecule has 0 fully saturated rings. The maximum Gasteiger partial charge on any atom is 0.434 e. The quantitative estimate of drug-likeness (QED) is 0.458. The van der Waals surface area contributed by atoms with Crippen molar-refractivity contribution in [1.82, 2.24) is 4.90 Å². The van der Waals surface area contributed by atoms with E-state index in [0.717, 1.165) is 29.5 Å². The molecule has 2 aromatic carbocycles. The Balaban J connectivity index is 1.86. The van der Waals surface area contributed by atoms with Crippen LogP contribution < -0.4 is 0 Å². The maximum atomic E-state index is 13.0. The zero-order chi connectivity index (χ0) is 23.6. The van der Waals surface area contributed by atoms with Gasteiger partial charge in [0, 0.05) is 13.0 Å². The predicted octanol–water partition coefficient (Wildman–Crippen LogP) is 6.81. The molecule has 0 saturated heterocycles. The van der Waals surface area contributed by atoms with Crippen LogP contribution in [0.1, 0.15) is 69.2 Å². The van der Waals surface area contributed by atoms with Gasteiger partial charge in [-0.1, -0.05) is 53.5 Å². The van der Waals surface area contributed by atoms with Crippen LogP contribution in [0.4, 0.5) is 4.79 Å². The molecule has 7 heteroatoms. The minimum absolute atomic E-state index is 0.103. The van der Waals surface area contributed by atoms with Gasteiger partial charge in [-0.3, -0.25) is 4.79 Å². The number of fused-ring (bicyclic) bond motifs is 1. The molecule has 0 bridgehead atoms. The van der Waals surface area contributed by atoms with E-state index in [1.165, 1.54) is 6.92 Å². The number of carbonyl (C=O) groups is 2. The fraction of sp³-hybridized carbons (Fsp3) is 0.400. The van der Waals surface area contributed by atoms with Crippen molar-refractivity contribution in [3.63, 3.8) is 0 Å². The molecule has 0 radical (unpaired) electrons. The second kappa shape index (κ2) is 9.63. The SMILES string of the molecule is C/C(=N/C(=O)OC(C)(C)C)C(=O)N(C)[C@H]1CC[C@@H](c2ccc(Cl)c(Cl)c2)c2ccccc21. The maximum absolute atomic E-state index is 13.0. The molecule has 3 rings (SSSR count). The summed E-state index contributed by atoms with van der Waals surface area (Å²) in [6, 6.07) is 13.7. The number of rotatable bonds is 3. The van der Waals surface area contributed by atoms with Gasteiger partial charge in [0.15, 0.2) is 0 Å². The molecule has 32 heavy (non-hydrogen) atoms. The van der Waals surface area contributed by atoms with Crippen LogP contribution in [0, 0.1) is 0 Å². The average molecular weight is 475 g/mol. The molecular formula is C25H28Cl2N2O3. The third kappa shape index (κ3) is 5.51. The van der Waals surface area contributed by atoms with Gasteiger partial charge >= 0.3 is 6.09 Å². The third-order valence-electron chi connectivity index (χ3n) is 5.56. The van der Waals surface area contributed by atoms with Crippen LogP contribution in [0.15, 0.2) is 47.5 Å². The first-order chi connectivity index (χ1) is 15.0. The molecule has 1 aliphatic carbocycles. The minimum Gasteiger partial charge on any atom is -0.442 e. The molecule has 5 nitrogen and oxygen atoms in total. The van der Waals surface area contributed by atoms with Crippen LogP contribution in [-0.2, 0) is 9.53 Å². The lowest BCUT2D eigenvalue weighted by Gasteiger charge is -2.37. The molecular weight excluding hydrogens is 447 g/mol. The van der Waals surface area contributed by atoms with E-state index in [4.69, 9.17) is 27.9 Å². The smallest absolute Gasteiger partial charge is 0.434 e. The van der Waals surface area contributed by atoms with Gasteiger partial charge in [-0.05, 0) is 69.4 Å². The van der Waals surface area contributed by atoms with Gasteiger partial charge in [-0.15, -0.1) is 0 Å². The van der Waals surface area contributed by atoms with E-state index in [1.807, 2.05) is 36.4 Å². The summed E-state index contributed by atoms with van der Waals surface area (Å²) in [4.78, 5) is 30.6. The summed E-state index contributed by atoms with van der Waals surface area (Å²) in [6.45, 7) is 6.81. The number of benzene rings is 2. The molecule has 0 saturated carbocycles. The van der Waals surface area contributed by atoms with E-state index in [9.17, 15) is 9.59 Å². The van der Waals surface area contributed by atoms with Crippen molar-refractivity contribution >= 4 is 40.9 Å². The monoisotopic (exact) mass is 474 g/mol. The van der Waals surface area contributed by atoms with Crippen LogP contribution in [0.5, 0.6) is 0 Å². The van der Waals surface area contributed by atoms with Crippen molar-refractivity contribution in [1.29, 1.82) is 0 Å². The highest BCUT2D eigenvalue weighted by atomic mass is 35.5. The number of aliphatic imine (C=N–C) groups is 1. The van der Waals surface area contributed by atoms with Crippen LogP contribution >= 0.6 is 23.2 Å². The number of ether oxygens (including phenoxy) is 1. The van der Waals surface area contributed by atoms with Crippen LogP contribution in [0.25, 0.3) is 0 Å². The summed E-state index contributed by atoms with van der Waals surface area (Å²) in [5.41, 5.74) is 2.77. The molecule has 1 aliphatic rings.